The summed E-state index contributed by atoms with van der Waals surface area (Å²) in [4.78, 5) is 18.3. The fourth-order valence-electron chi connectivity index (χ4n) is 5.35. The number of nitrogens with one attached hydrogen (secondary N) is 1. The Hall–Kier alpha value is -2.42. The van der Waals surface area contributed by atoms with Crippen LogP contribution >= 0.6 is 0 Å². The fourth-order valence-corrected chi connectivity index (χ4v) is 5.35. The lowest BCUT2D eigenvalue weighted by molar-refractivity contribution is -0.137. The molecule has 172 valence electrons. The minimum absolute atomic E-state index is 0.137. The molecule has 32 heavy (non-hydrogen) atoms. The van der Waals surface area contributed by atoms with Crippen molar-refractivity contribution in [2.45, 2.75) is 44.2 Å². The number of nitrogens with zero attached hydrogens (tertiary/aromatic N) is 5. The molecule has 9 heteroatoms. The summed E-state index contributed by atoms with van der Waals surface area (Å²) in [5, 5.41) is 3.02. The summed E-state index contributed by atoms with van der Waals surface area (Å²) in [6.45, 7) is 3.93. The lowest BCUT2D eigenvalue weighted by Crippen LogP contribution is -2.38. The minimum atomic E-state index is -4.41. The third-order valence-electron chi connectivity index (χ3n) is 7.10. The van der Waals surface area contributed by atoms with Crippen molar-refractivity contribution in [3.05, 3.63) is 35.7 Å². The van der Waals surface area contributed by atoms with Gasteiger partial charge >= 0.3 is 6.18 Å². The summed E-state index contributed by atoms with van der Waals surface area (Å²) < 4.78 is 39.4. The molecule has 1 aliphatic carbocycles. The Balaban J connectivity index is 1.45. The Morgan fingerprint density at radius 2 is 1.69 bits per heavy atom. The number of alkyl halides is 3. The maximum Gasteiger partial charge on any atom is 0.416 e. The standard InChI is InChI=1S/C23H29F3N6/c1-31-8-5-17(6-9-31)19-12-21(29-20-11-18(4-7-27-20)23(24,25)26)30-22(28-19)32-13-15-2-3-16(10-15)14-32/h4,7,11-12,15-17H,2-3,5-6,8-10,13-14H2,1H3,(H,27,28,29,30). The van der Waals surface area contributed by atoms with Crippen LogP contribution in [-0.4, -0.2) is 53.1 Å². The first-order chi connectivity index (χ1) is 15.3. The van der Waals surface area contributed by atoms with Gasteiger partial charge < -0.3 is 15.1 Å². The molecule has 4 heterocycles. The monoisotopic (exact) mass is 446 g/mol. The number of halogens is 3. The van der Waals surface area contributed by atoms with Crippen molar-refractivity contribution in [3.63, 3.8) is 0 Å². The third kappa shape index (κ3) is 4.67. The second-order valence-corrected chi connectivity index (χ2v) is 9.56. The summed E-state index contributed by atoms with van der Waals surface area (Å²) in [5.74, 6) is 3.03. The highest BCUT2D eigenvalue weighted by Crippen LogP contribution is 2.38. The molecular weight excluding hydrogens is 417 g/mol. The highest BCUT2D eigenvalue weighted by molar-refractivity contribution is 5.55. The van der Waals surface area contributed by atoms with Gasteiger partial charge in [0.05, 0.1) is 11.3 Å². The average molecular weight is 447 g/mol. The fraction of sp³-hybridized carbons (Fsp3) is 0.609. The lowest BCUT2D eigenvalue weighted by Gasteiger charge is -2.33. The van der Waals surface area contributed by atoms with Gasteiger partial charge in [0.25, 0.3) is 0 Å². The molecule has 2 unspecified atom stereocenters. The number of pyridine rings is 1. The van der Waals surface area contributed by atoms with Crippen LogP contribution in [0, 0.1) is 11.8 Å². The van der Waals surface area contributed by atoms with E-state index in [-0.39, 0.29) is 5.82 Å². The van der Waals surface area contributed by atoms with Crippen molar-refractivity contribution in [1.29, 1.82) is 0 Å². The summed E-state index contributed by atoms with van der Waals surface area (Å²) in [6.07, 6.45) is 2.59. The van der Waals surface area contributed by atoms with Gasteiger partial charge in [0, 0.05) is 31.3 Å². The maximum absolute atomic E-state index is 13.1. The molecule has 0 spiro atoms. The van der Waals surface area contributed by atoms with E-state index in [1.54, 1.807) is 0 Å². The number of hydrogen-bond acceptors (Lipinski definition) is 6. The van der Waals surface area contributed by atoms with Crippen LogP contribution in [0.1, 0.15) is 49.3 Å². The number of hydrogen-bond donors (Lipinski definition) is 1. The van der Waals surface area contributed by atoms with E-state index in [0.29, 0.717) is 29.5 Å². The van der Waals surface area contributed by atoms with Gasteiger partial charge in [-0.05, 0) is 76.2 Å². The molecule has 6 nitrogen and oxygen atoms in total. The zero-order valence-electron chi connectivity index (χ0n) is 18.3. The molecule has 2 aromatic heterocycles. The van der Waals surface area contributed by atoms with Crippen molar-refractivity contribution in [2.24, 2.45) is 11.8 Å². The van der Waals surface area contributed by atoms with Gasteiger partial charge in [0.1, 0.15) is 11.6 Å². The van der Waals surface area contributed by atoms with E-state index in [1.165, 1.54) is 25.5 Å². The van der Waals surface area contributed by atoms with Crippen molar-refractivity contribution in [3.8, 4) is 0 Å². The first-order valence-corrected chi connectivity index (χ1v) is 11.5. The van der Waals surface area contributed by atoms with Crippen molar-refractivity contribution in [1.82, 2.24) is 19.9 Å². The minimum Gasteiger partial charge on any atom is -0.340 e. The molecule has 5 rings (SSSR count). The number of piperidine rings is 2. The van der Waals surface area contributed by atoms with E-state index in [4.69, 9.17) is 9.97 Å². The van der Waals surface area contributed by atoms with E-state index in [9.17, 15) is 13.2 Å². The largest absolute Gasteiger partial charge is 0.416 e. The summed E-state index contributed by atoms with van der Waals surface area (Å²) in [7, 11) is 2.12. The van der Waals surface area contributed by atoms with E-state index < -0.39 is 11.7 Å². The van der Waals surface area contributed by atoms with Gasteiger partial charge in [-0.1, -0.05) is 0 Å². The molecule has 0 amide bonds. The van der Waals surface area contributed by atoms with Crippen LogP contribution in [0.25, 0.3) is 0 Å². The van der Waals surface area contributed by atoms with Crippen LogP contribution in [0.4, 0.5) is 30.8 Å². The van der Waals surface area contributed by atoms with Crippen LogP contribution in [0.5, 0.6) is 0 Å². The number of fused-ring (bicyclic) bond motifs is 2. The zero-order valence-corrected chi connectivity index (χ0v) is 18.3. The zero-order chi connectivity index (χ0) is 22.3. The highest BCUT2D eigenvalue weighted by atomic mass is 19.4. The maximum atomic E-state index is 13.1. The molecule has 3 fully saturated rings. The Labute approximate surface area is 186 Å². The Morgan fingerprint density at radius 3 is 2.38 bits per heavy atom. The number of likely N-dealkylation sites (tertiary alicyclic amines) is 1. The second-order valence-electron chi connectivity index (χ2n) is 9.56. The molecule has 2 aliphatic heterocycles. The molecule has 1 saturated carbocycles. The molecule has 2 atom stereocenters. The molecule has 3 aliphatic rings. The SMILES string of the molecule is CN1CCC(c2cc(Nc3cc(C(F)(F)F)ccn3)nc(N3CC4CCC(C4)C3)n2)CC1. The van der Waals surface area contributed by atoms with Crippen LogP contribution in [0.2, 0.25) is 0 Å². The van der Waals surface area contributed by atoms with Crippen molar-refractivity contribution in [2.75, 3.05) is 43.4 Å². The van der Waals surface area contributed by atoms with Gasteiger partial charge in [0.15, 0.2) is 0 Å². The summed E-state index contributed by atoms with van der Waals surface area (Å²) >= 11 is 0. The van der Waals surface area contributed by atoms with Crippen LogP contribution in [0.15, 0.2) is 24.4 Å². The molecule has 1 N–H and O–H groups in total. The average Bonchev–Trinajstić information content (AvgIpc) is 3.11. The third-order valence-corrected chi connectivity index (χ3v) is 7.10. The molecular formula is C23H29F3N6. The first-order valence-electron chi connectivity index (χ1n) is 11.5. The van der Waals surface area contributed by atoms with E-state index in [1.807, 2.05) is 6.07 Å². The Bertz CT molecular complexity index is 945. The van der Waals surface area contributed by atoms with Gasteiger partial charge in [0.2, 0.25) is 5.95 Å². The normalized spacial score (nSPS) is 24.7. The lowest BCUT2D eigenvalue weighted by atomic mass is 9.93. The highest BCUT2D eigenvalue weighted by Gasteiger charge is 2.35. The molecule has 0 aromatic carbocycles. The molecule has 0 radical (unpaired) electrons. The van der Waals surface area contributed by atoms with E-state index in [2.05, 4.69) is 27.1 Å². The van der Waals surface area contributed by atoms with Gasteiger partial charge in [-0.25, -0.2) is 9.97 Å². The molecule has 2 aromatic rings. The summed E-state index contributed by atoms with van der Waals surface area (Å²) in [6, 6.07) is 3.89. The van der Waals surface area contributed by atoms with Gasteiger partial charge in [-0.15, -0.1) is 0 Å². The van der Waals surface area contributed by atoms with Gasteiger partial charge in [-0.2, -0.15) is 18.2 Å². The van der Waals surface area contributed by atoms with Crippen LogP contribution in [-0.2, 0) is 6.18 Å². The van der Waals surface area contributed by atoms with E-state index in [0.717, 1.165) is 56.8 Å². The van der Waals surface area contributed by atoms with Crippen LogP contribution < -0.4 is 10.2 Å². The predicted molar refractivity (Wildman–Crippen MR) is 117 cm³/mol. The van der Waals surface area contributed by atoms with Crippen molar-refractivity contribution >= 4 is 17.6 Å². The number of rotatable bonds is 4. The predicted octanol–water partition coefficient (Wildman–Crippen LogP) is 4.68. The number of aromatic nitrogens is 3. The van der Waals surface area contributed by atoms with Gasteiger partial charge in [-0.3, -0.25) is 0 Å². The van der Waals surface area contributed by atoms with E-state index >= 15 is 0 Å². The smallest absolute Gasteiger partial charge is 0.340 e. The number of anilines is 3. The van der Waals surface area contributed by atoms with Crippen LogP contribution in [0.3, 0.4) is 0 Å². The second kappa shape index (κ2) is 8.50. The molecule has 2 bridgehead atoms. The first kappa shape index (κ1) is 21.4. The quantitative estimate of drug-likeness (QED) is 0.736. The van der Waals surface area contributed by atoms with Crippen molar-refractivity contribution < 1.29 is 13.2 Å². The topological polar surface area (TPSA) is 57.2 Å². The summed E-state index contributed by atoms with van der Waals surface area (Å²) in [5.41, 5.74) is 0.239. The molecule has 2 saturated heterocycles. The Morgan fingerprint density at radius 1 is 0.969 bits per heavy atom. The Kier molecular flexibility index (Phi) is 5.69.